The Morgan fingerprint density at radius 1 is 1.36 bits per heavy atom. The zero-order valence-electron chi connectivity index (χ0n) is 5.74. The first-order valence-electron chi connectivity index (χ1n) is 3.06. The molecule has 0 aliphatic rings. The van der Waals surface area contributed by atoms with E-state index in [4.69, 9.17) is 16.1 Å². The quantitative estimate of drug-likeness (QED) is 0.539. The second kappa shape index (κ2) is 4.45. The van der Waals surface area contributed by atoms with Gasteiger partial charge in [-0.1, -0.05) is 29.8 Å². The minimum Gasteiger partial charge on any atom is -0.126 e. The van der Waals surface area contributed by atoms with E-state index in [0.717, 1.165) is 0 Å². The standard InChI is InChI=1S/C7H7ClO2P/c8-6-10-11(9)7-4-2-1-3-5-7/h1-5H,6H2/q+1. The molecule has 0 aliphatic carbocycles. The number of alkyl halides is 1. The number of benzene rings is 1. The van der Waals surface area contributed by atoms with Gasteiger partial charge in [0.1, 0.15) is 0 Å². The summed E-state index contributed by atoms with van der Waals surface area (Å²) in [7, 11) is -1.76. The van der Waals surface area contributed by atoms with Crippen molar-refractivity contribution in [3.63, 3.8) is 0 Å². The fourth-order valence-electron chi connectivity index (χ4n) is 0.669. The van der Waals surface area contributed by atoms with Gasteiger partial charge in [-0.25, -0.2) is 0 Å². The second-order valence-electron chi connectivity index (χ2n) is 1.83. The van der Waals surface area contributed by atoms with Gasteiger partial charge in [-0.05, 0) is 16.7 Å². The minimum atomic E-state index is -1.76. The van der Waals surface area contributed by atoms with Gasteiger partial charge in [0.15, 0.2) is 6.07 Å². The molecule has 0 aliphatic heterocycles. The van der Waals surface area contributed by atoms with Crippen molar-refractivity contribution >= 4 is 24.9 Å². The molecule has 0 saturated heterocycles. The SMILES string of the molecule is O=[P+](OCCl)c1ccccc1. The van der Waals surface area contributed by atoms with Crippen LogP contribution in [0.1, 0.15) is 0 Å². The van der Waals surface area contributed by atoms with Crippen molar-refractivity contribution in [1.29, 1.82) is 0 Å². The third kappa shape index (κ3) is 2.58. The molecule has 0 saturated carbocycles. The molecular formula is C7H7ClO2P+. The molecule has 0 aromatic heterocycles. The van der Waals surface area contributed by atoms with Crippen molar-refractivity contribution in [3.05, 3.63) is 30.3 Å². The third-order valence-corrected chi connectivity index (χ3v) is 2.48. The van der Waals surface area contributed by atoms with Crippen LogP contribution in [0.15, 0.2) is 30.3 Å². The zero-order chi connectivity index (χ0) is 8.10. The molecule has 1 aromatic rings. The van der Waals surface area contributed by atoms with E-state index in [2.05, 4.69) is 0 Å². The Kier molecular flexibility index (Phi) is 3.50. The smallest absolute Gasteiger partial charge is 0.126 e. The summed E-state index contributed by atoms with van der Waals surface area (Å²) in [5.74, 6) is 0. The lowest BCUT2D eigenvalue weighted by Crippen LogP contribution is -1.95. The van der Waals surface area contributed by atoms with Crippen LogP contribution >= 0.6 is 19.6 Å². The molecule has 1 unspecified atom stereocenters. The van der Waals surface area contributed by atoms with Gasteiger partial charge in [-0.3, -0.25) is 0 Å². The van der Waals surface area contributed by atoms with Gasteiger partial charge < -0.3 is 0 Å². The van der Waals surface area contributed by atoms with Gasteiger partial charge in [0.05, 0.1) is 0 Å². The number of rotatable bonds is 3. The zero-order valence-corrected chi connectivity index (χ0v) is 7.39. The van der Waals surface area contributed by atoms with Crippen LogP contribution in [0, 0.1) is 0 Å². The largest absolute Gasteiger partial charge is 0.549 e. The molecule has 2 nitrogen and oxygen atoms in total. The Bertz CT molecular complexity index is 237. The summed E-state index contributed by atoms with van der Waals surface area (Å²) in [5.41, 5.74) is 0. The molecule has 4 heteroatoms. The first kappa shape index (κ1) is 8.66. The van der Waals surface area contributed by atoms with Crippen molar-refractivity contribution in [2.45, 2.75) is 0 Å². The van der Waals surface area contributed by atoms with Crippen molar-refractivity contribution < 1.29 is 9.09 Å². The molecule has 0 fully saturated rings. The predicted molar refractivity (Wildman–Crippen MR) is 45.5 cm³/mol. The van der Waals surface area contributed by atoms with Crippen molar-refractivity contribution in [1.82, 2.24) is 0 Å². The van der Waals surface area contributed by atoms with Crippen molar-refractivity contribution in [3.8, 4) is 0 Å². The molecular weight excluding hydrogens is 183 g/mol. The molecule has 0 amide bonds. The van der Waals surface area contributed by atoms with Gasteiger partial charge in [0.2, 0.25) is 5.30 Å². The van der Waals surface area contributed by atoms with Crippen LogP contribution in [0.25, 0.3) is 0 Å². The van der Waals surface area contributed by atoms with E-state index in [1.54, 1.807) is 24.3 Å². The third-order valence-electron chi connectivity index (χ3n) is 1.13. The van der Waals surface area contributed by atoms with Crippen molar-refractivity contribution in [2.24, 2.45) is 0 Å². The van der Waals surface area contributed by atoms with Crippen LogP contribution in [0.3, 0.4) is 0 Å². The summed E-state index contributed by atoms with van der Waals surface area (Å²) in [5, 5.41) is 0.670. The Balaban J connectivity index is 2.69. The van der Waals surface area contributed by atoms with Gasteiger partial charge in [-0.2, -0.15) is 0 Å². The monoisotopic (exact) mass is 189 g/mol. The Morgan fingerprint density at radius 2 is 2.00 bits per heavy atom. The highest BCUT2D eigenvalue weighted by molar-refractivity contribution is 7.48. The van der Waals surface area contributed by atoms with E-state index in [1.807, 2.05) is 6.07 Å². The van der Waals surface area contributed by atoms with Crippen LogP contribution in [-0.4, -0.2) is 6.07 Å². The Morgan fingerprint density at radius 3 is 2.55 bits per heavy atom. The maximum atomic E-state index is 11.1. The maximum Gasteiger partial charge on any atom is 0.549 e. The molecule has 11 heavy (non-hydrogen) atoms. The van der Waals surface area contributed by atoms with E-state index < -0.39 is 8.03 Å². The highest BCUT2D eigenvalue weighted by Gasteiger charge is 2.19. The Labute approximate surface area is 71.0 Å². The maximum absolute atomic E-state index is 11.1. The van der Waals surface area contributed by atoms with Crippen LogP contribution in [0.2, 0.25) is 0 Å². The molecule has 1 aromatic carbocycles. The fraction of sp³-hybridized carbons (Fsp3) is 0.143. The van der Waals surface area contributed by atoms with Gasteiger partial charge in [-0.15, -0.1) is 4.52 Å². The second-order valence-corrected chi connectivity index (χ2v) is 3.34. The average molecular weight is 190 g/mol. The summed E-state index contributed by atoms with van der Waals surface area (Å²) < 4.78 is 15.8. The highest BCUT2D eigenvalue weighted by Crippen LogP contribution is 2.20. The van der Waals surface area contributed by atoms with Crippen LogP contribution in [0.4, 0.5) is 0 Å². The first-order chi connectivity index (χ1) is 5.34. The Hall–Kier alpha value is -0.430. The molecule has 58 valence electrons. The lowest BCUT2D eigenvalue weighted by atomic mass is 10.4. The molecule has 0 spiro atoms. The summed E-state index contributed by atoms with van der Waals surface area (Å²) in [6.45, 7) is 0. The van der Waals surface area contributed by atoms with E-state index in [0.29, 0.717) is 5.30 Å². The molecule has 1 rings (SSSR count). The summed E-state index contributed by atoms with van der Waals surface area (Å²) in [4.78, 5) is 0. The van der Waals surface area contributed by atoms with Crippen molar-refractivity contribution in [2.75, 3.05) is 6.07 Å². The molecule has 0 N–H and O–H groups in total. The number of hydrogen-bond acceptors (Lipinski definition) is 2. The van der Waals surface area contributed by atoms with Crippen LogP contribution < -0.4 is 5.30 Å². The summed E-state index contributed by atoms with van der Waals surface area (Å²) >= 11 is 5.24. The molecule has 0 bridgehead atoms. The van der Waals surface area contributed by atoms with E-state index in [9.17, 15) is 4.57 Å². The van der Waals surface area contributed by atoms with E-state index in [-0.39, 0.29) is 6.07 Å². The normalized spacial score (nSPS) is 11.2. The molecule has 0 heterocycles. The lowest BCUT2D eigenvalue weighted by molar-refractivity contribution is 0.401. The molecule has 0 radical (unpaired) electrons. The fourth-order valence-corrected chi connectivity index (χ4v) is 1.59. The first-order valence-corrected chi connectivity index (χ1v) is 4.77. The number of halogens is 1. The summed E-state index contributed by atoms with van der Waals surface area (Å²) in [6, 6.07) is 8.91. The number of hydrogen-bond donors (Lipinski definition) is 0. The van der Waals surface area contributed by atoms with Gasteiger partial charge in [0, 0.05) is 0 Å². The predicted octanol–water partition coefficient (Wildman–Crippen LogP) is 2.27. The van der Waals surface area contributed by atoms with Gasteiger partial charge >= 0.3 is 8.03 Å². The summed E-state index contributed by atoms with van der Waals surface area (Å²) in [6.07, 6.45) is 0. The topological polar surface area (TPSA) is 26.3 Å². The molecule has 1 atom stereocenters. The van der Waals surface area contributed by atoms with Crippen LogP contribution in [-0.2, 0) is 9.09 Å². The average Bonchev–Trinajstić information content (AvgIpc) is 2.07. The van der Waals surface area contributed by atoms with Crippen LogP contribution in [0.5, 0.6) is 0 Å². The van der Waals surface area contributed by atoms with E-state index in [1.165, 1.54) is 0 Å². The van der Waals surface area contributed by atoms with Gasteiger partial charge in [0.25, 0.3) is 0 Å². The highest BCUT2D eigenvalue weighted by atomic mass is 35.5. The van der Waals surface area contributed by atoms with E-state index >= 15 is 0 Å². The lowest BCUT2D eigenvalue weighted by Gasteiger charge is -1.83. The minimum absolute atomic E-state index is 0.0376.